The second-order valence-electron chi connectivity index (χ2n) is 2.47. The molecule has 0 radical (unpaired) electrons. The zero-order chi connectivity index (χ0) is 8.49. The summed E-state index contributed by atoms with van der Waals surface area (Å²) in [4.78, 5) is 0. The summed E-state index contributed by atoms with van der Waals surface area (Å²) in [7, 11) is 0. The van der Waals surface area contributed by atoms with Gasteiger partial charge in [-0.15, -0.1) is 0 Å². The fraction of sp³-hybridized carbons (Fsp3) is 0.500. The fourth-order valence-electron chi connectivity index (χ4n) is 0.858. The molecule has 68 valence electrons. The maximum atomic E-state index is 3.09. The van der Waals surface area contributed by atoms with Gasteiger partial charge in [-0.05, 0) is 12.4 Å². The van der Waals surface area contributed by atoms with Crippen molar-refractivity contribution in [3.8, 4) is 0 Å². The molecule has 4 nitrogen and oxygen atoms in total. The minimum atomic E-state index is 0.913. The van der Waals surface area contributed by atoms with E-state index in [0.717, 1.165) is 26.4 Å². The Labute approximate surface area is 73.1 Å². The van der Waals surface area contributed by atoms with E-state index in [-0.39, 0.29) is 0 Å². The van der Waals surface area contributed by atoms with Gasteiger partial charge >= 0.3 is 0 Å². The molecule has 0 saturated carbocycles. The molecule has 0 spiro atoms. The van der Waals surface area contributed by atoms with Gasteiger partial charge in [0.2, 0.25) is 0 Å². The van der Waals surface area contributed by atoms with Gasteiger partial charge in [0.1, 0.15) is 0 Å². The first kappa shape index (κ1) is 9.09. The van der Waals surface area contributed by atoms with Crippen molar-refractivity contribution in [3.05, 3.63) is 24.6 Å². The van der Waals surface area contributed by atoms with Crippen LogP contribution in [0.4, 0.5) is 0 Å². The molecule has 4 heteroatoms. The van der Waals surface area contributed by atoms with Crippen LogP contribution in [0.5, 0.6) is 0 Å². The zero-order valence-electron chi connectivity index (χ0n) is 7.14. The molecule has 2 rings (SSSR count). The van der Waals surface area contributed by atoms with Crippen LogP contribution < -0.4 is 21.3 Å². The molecule has 0 aromatic rings. The van der Waals surface area contributed by atoms with Gasteiger partial charge in [0.15, 0.2) is 0 Å². The van der Waals surface area contributed by atoms with Crippen molar-refractivity contribution in [2.24, 2.45) is 0 Å². The molecule has 0 atom stereocenters. The van der Waals surface area contributed by atoms with Crippen molar-refractivity contribution >= 4 is 0 Å². The molecule has 2 aliphatic rings. The zero-order valence-corrected chi connectivity index (χ0v) is 7.14. The summed E-state index contributed by atoms with van der Waals surface area (Å²) in [6.45, 7) is 3.84. The Morgan fingerprint density at radius 2 is 1.25 bits per heavy atom. The highest BCUT2D eigenvalue weighted by Gasteiger charge is 1.82. The van der Waals surface area contributed by atoms with Crippen LogP contribution in [0, 0.1) is 0 Å². The van der Waals surface area contributed by atoms with Crippen LogP contribution >= 0.6 is 0 Å². The molecule has 0 saturated heterocycles. The summed E-state index contributed by atoms with van der Waals surface area (Å²) >= 11 is 0. The van der Waals surface area contributed by atoms with E-state index in [9.17, 15) is 0 Å². The summed E-state index contributed by atoms with van der Waals surface area (Å²) < 4.78 is 0. The molecule has 4 N–H and O–H groups in total. The molecule has 0 aliphatic carbocycles. The van der Waals surface area contributed by atoms with Crippen LogP contribution in [0.1, 0.15) is 0 Å². The smallest absolute Gasteiger partial charge is 0.0650 e. The van der Waals surface area contributed by atoms with Crippen molar-refractivity contribution in [2.45, 2.75) is 0 Å². The van der Waals surface area contributed by atoms with Gasteiger partial charge in [0, 0.05) is 13.1 Å². The van der Waals surface area contributed by atoms with Crippen molar-refractivity contribution in [3.63, 3.8) is 0 Å². The molecule has 0 fully saturated rings. The molecular weight excluding hydrogens is 152 g/mol. The van der Waals surface area contributed by atoms with Crippen molar-refractivity contribution in [1.29, 1.82) is 0 Å². The number of nitrogens with one attached hydrogen (secondary N) is 4. The highest BCUT2D eigenvalue weighted by Crippen LogP contribution is 1.69. The van der Waals surface area contributed by atoms with Gasteiger partial charge in [-0.3, -0.25) is 10.6 Å². The maximum absolute atomic E-state index is 3.09. The maximum Gasteiger partial charge on any atom is 0.0650 e. The predicted octanol–water partition coefficient (Wildman–Crippen LogP) is -0.699. The topological polar surface area (TPSA) is 48.1 Å². The number of hydrogen-bond donors (Lipinski definition) is 4. The molecule has 0 aromatic heterocycles. The summed E-state index contributed by atoms with van der Waals surface area (Å²) in [6.07, 6.45) is 8.00. The quantitative estimate of drug-likeness (QED) is 0.386. The Morgan fingerprint density at radius 3 is 1.33 bits per heavy atom. The molecule has 2 heterocycles. The third-order valence-electron chi connectivity index (χ3n) is 1.45. The minimum Gasteiger partial charge on any atom is -0.379 e. The standard InChI is InChI=1S/2C4H8N2/c2*1-2-5-4-6-3-1/h2*1-2,5-6H,3-4H2. The lowest BCUT2D eigenvalue weighted by Gasteiger charge is -2.05. The summed E-state index contributed by atoms with van der Waals surface area (Å²) in [5.41, 5.74) is 0. The molecular formula is C8H16N4. The Bertz CT molecular complexity index is 119. The summed E-state index contributed by atoms with van der Waals surface area (Å²) in [6, 6.07) is 0. The van der Waals surface area contributed by atoms with Crippen LogP contribution in [0.15, 0.2) is 24.6 Å². The Hall–Kier alpha value is -1.00. The van der Waals surface area contributed by atoms with Crippen LogP contribution in [-0.2, 0) is 0 Å². The van der Waals surface area contributed by atoms with E-state index in [1.54, 1.807) is 0 Å². The number of hydrogen-bond acceptors (Lipinski definition) is 4. The minimum absolute atomic E-state index is 0.913. The second kappa shape index (κ2) is 6.69. The van der Waals surface area contributed by atoms with Gasteiger partial charge < -0.3 is 10.6 Å². The van der Waals surface area contributed by atoms with Crippen LogP contribution in [0.25, 0.3) is 0 Å². The average molecular weight is 168 g/mol. The van der Waals surface area contributed by atoms with Gasteiger partial charge in [0.25, 0.3) is 0 Å². The first-order valence-corrected chi connectivity index (χ1v) is 4.18. The predicted molar refractivity (Wildman–Crippen MR) is 50.3 cm³/mol. The van der Waals surface area contributed by atoms with Gasteiger partial charge in [0.05, 0.1) is 13.3 Å². The van der Waals surface area contributed by atoms with Crippen LogP contribution in [0.3, 0.4) is 0 Å². The first-order valence-electron chi connectivity index (χ1n) is 4.18. The SMILES string of the molecule is C1=CNCNC1.C1=CNCNC1. The lowest BCUT2D eigenvalue weighted by atomic mass is 10.5. The van der Waals surface area contributed by atoms with Crippen LogP contribution in [0.2, 0.25) is 0 Å². The third kappa shape index (κ3) is 4.76. The van der Waals surface area contributed by atoms with Crippen molar-refractivity contribution < 1.29 is 0 Å². The Balaban J connectivity index is 0.000000120. The fourth-order valence-corrected chi connectivity index (χ4v) is 0.858. The normalized spacial score (nSPS) is 20.0. The third-order valence-corrected chi connectivity index (χ3v) is 1.45. The van der Waals surface area contributed by atoms with E-state index >= 15 is 0 Å². The molecule has 2 aliphatic heterocycles. The lowest BCUT2D eigenvalue weighted by Crippen LogP contribution is -2.29. The lowest BCUT2D eigenvalue weighted by molar-refractivity contribution is 0.669. The summed E-state index contributed by atoms with van der Waals surface area (Å²) in [5, 5.41) is 12.2. The van der Waals surface area contributed by atoms with Crippen LogP contribution in [-0.4, -0.2) is 26.4 Å². The van der Waals surface area contributed by atoms with Crippen molar-refractivity contribution in [2.75, 3.05) is 26.4 Å². The Kier molecular flexibility index (Phi) is 5.07. The van der Waals surface area contributed by atoms with E-state index in [1.165, 1.54) is 0 Å². The highest BCUT2D eigenvalue weighted by molar-refractivity contribution is 4.85. The summed E-state index contributed by atoms with van der Waals surface area (Å²) in [5.74, 6) is 0. The molecule has 0 bridgehead atoms. The van der Waals surface area contributed by atoms with Crippen molar-refractivity contribution in [1.82, 2.24) is 21.3 Å². The largest absolute Gasteiger partial charge is 0.379 e. The molecule has 0 aromatic carbocycles. The second-order valence-corrected chi connectivity index (χ2v) is 2.47. The molecule has 12 heavy (non-hydrogen) atoms. The molecule has 0 amide bonds. The average Bonchev–Trinajstić information content (AvgIpc) is 2.24. The molecule has 0 unspecified atom stereocenters. The highest BCUT2D eigenvalue weighted by atomic mass is 15.1. The Morgan fingerprint density at radius 1 is 0.750 bits per heavy atom. The van der Waals surface area contributed by atoms with E-state index in [1.807, 2.05) is 24.6 Å². The monoisotopic (exact) mass is 168 g/mol. The van der Waals surface area contributed by atoms with E-state index < -0.39 is 0 Å². The van der Waals surface area contributed by atoms with Gasteiger partial charge in [-0.1, -0.05) is 12.2 Å². The first-order chi connectivity index (χ1) is 6.00. The van der Waals surface area contributed by atoms with Gasteiger partial charge in [-0.25, -0.2) is 0 Å². The van der Waals surface area contributed by atoms with E-state index in [0.29, 0.717) is 0 Å². The van der Waals surface area contributed by atoms with E-state index in [2.05, 4.69) is 21.3 Å². The van der Waals surface area contributed by atoms with E-state index in [4.69, 9.17) is 0 Å². The van der Waals surface area contributed by atoms with Gasteiger partial charge in [-0.2, -0.15) is 0 Å². The number of rotatable bonds is 0.